The van der Waals surface area contributed by atoms with Gasteiger partial charge in [-0.1, -0.05) is 66.7 Å². The average molecular weight is 335 g/mol. The van der Waals surface area contributed by atoms with E-state index in [-0.39, 0.29) is 12.0 Å². The van der Waals surface area contributed by atoms with Crippen molar-refractivity contribution >= 4 is 28.4 Å². The molecule has 124 valence electrons. The number of hydrogen-bond acceptors (Lipinski definition) is 2. The van der Waals surface area contributed by atoms with Crippen LogP contribution in [0.25, 0.3) is 17.0 Å². The molecule has 2 heterocycles. The molecule has 2 nitrogen and oxygen atoms in total. The summed E-state index contributed by atoms with van der Waals surface area (Å²) in [6.07, 6.45) is 4.58. The van der Waals surface area contributed by atoms with Crippen molar-refractivity contribution in [2.45, 2.75) is 12.0 Å². The van der Waals surface area contributed by atoms with Gasteiger partial charge in [-0.2, -0.15) is 0 Å². The lowest BCUT2D eigenvalue weighted by atomic mass is 9.85. The van der Waals surface area contributed by atoms with Gasteiger partial charge in [0.1, 0.15) is 11.3 Å². The molecule has 6 rings (SSSR count). The highest BCUT2D eigenvalue weighted by Gasteiger charge is 2.43. The molecule has 0 amide bonds. The van der Waals surface area contributed by atoms with Gasteiger partial charge in [0, 0.05) is 22.3 Å². The van der Waals surface area contributed by atoms with Crippen LogP contribution < -0.4 is 4.90 Å². The molecule has 3 aromatic carbocycles. The van der Waals surface area contributed by atoms with Gasteiger partial charge in [-0.3, -0.25) is 0 Å². The number of para-hydroxylation sites is 3. The Morgan fingerprint density at radius 1 is 0.769 bits per heavy atom. The monoisotopic (exact) mass is 335 g/mol. The zero-order valence-electron chi connectivity index (χ0n) is 14.2. The topological polar surface area (TPSA) is 16.4 Å². The van der Waals surface area contributed by atoms with Crippen molar-refractivity contribution in [2.24, 2.45) is 0 Å². The number of benzene rings is 3. The molecule has 1 aromatic heterocycles. The summed E-state index contributed by atoms with van der Waals surface area (Å²) in [5.74, 6) is 1.31. The van der Waals surface area contributed by atoms with E-state index in [9.17, 15) is 0 Å². The van der Waals surface area contributed by atoms with Crippen molar-refractivity contribution in [3.8, 4) is 0 Å². The second-order valence-corrected chi connectivity index (χ2v) is 6.97. The smallest absolute Gasteiger partial charge is 0.134 e. The fourth-order valence-electron chi connectivity index (χ4n) is 4.54. The van der Waals surface area contributed by atoms with Crippen molar-refractivity contribution in [3.63, 3.8) is 0 Å². The lowest BCUT2D eigenvalue weighted by Gasteiger charge is -2.29. The highest BCUT2D eigenvalue weighted by atomic mass is 16.3. The van der Waals surface area contributed by atoms with Crippen molar-refractivity contribution in [1.82, 2.24) is 0 Å². The molecule has 0 radical (unpaired) electrons. The molecule has 2 aliphatic rings. The first-order valence-electron chi connectivity index (χ1n) is 9.05. The van der Waals surface area contributed by atoms with E-state index in [4.69, 9.17) is 4.42 Å². The molecule has 0 bridgehead atoms. The van der Waals surface area contributed by atoms with Gasteiger partial charge < -0.3 is 9.32 Å². The van der Waals surface area contributed by atoms with Crippen molar-refractivity contribution in [1.29, 1.82) is 0 Å². The van der Waals surface area contributed by atoms with Gasteiger partial charge in [0.2, 0.25) is 0 Å². The number of anilines is 2. The lowest BCUT2D eigenvalue weighted by molar-refractivity contribution is 0.505. The fourth-order valence-corrected chi connectivity index (χ4v) is 4.54. The van der Waals surface area contributed by atoms with Crippen LogP contribution in [0.5, 0.6) is 0 Å². The van der Waals surface area contributed by atoms with Crippen LogP contribution in [0.3, 0.4) is 0 Å². The summed E-state index contributed by atoms with van der Waals surface area (Å²) in [6, 6.07) is 27.9. The first kappa shape index (κ1) is 14.0. The molecule has 2 unspecified atom stereocenters. The minimum atomic E-state index is 0.221. The summed E-state index contributed by atoms with van der Waals surface area (Å²) in [7, 11) is 0. The van der Waals surface area contributed by atoms with Gasteiger partial charge in [0.05, 0.1) is 12.0 Å². The highest BCUT2D eigenvalue weighted by molar-refractivity contribution is 5.91. The van der Waals surface area contributed by atoms with E-state index in [1.807, 2.05) is 6.07 Å². The molecule has 26 heavy (non-hydrogen) atoms. The molecule has 0 saturated heterocycles. The SMILES string of the molecule is C1=CC2C(c3ccccc3N2c2ccccc2)c2oc3ccccc3c21. The molecular weight excluding hydrogens is 318 g/mol. The Labute approximate surface area is 152 Å². The van der Waals surface area contributed by atoms with E-state index in [0.717, 1.165) is 11.3 Å². The maximum atomic E-state index is 6.37. The molecule has 0 N–H and O–H groups in total. The first-order valence-corrected chi connectivity index (χ1v) is 9.05. The summed E-state index contributed by atoms with van der Waals surface area (Å²) < 4.78 is 6.37. The lowest BCUT2D eigenvalue weighted by Crippen LogP contribution is -2.30. The van der Waals surface area contributed by atoms with E-state index >= 15 is 0 Å². The first-order chi connectivity index (χ1) is 12.9. The molecule has 2 atom stereocenters. The number of furan rings is 1. The van der Waals surface area contributed by atoms with E-state index in [0.29, 0.717) is 0 Å². The number of hydrogen-bond donors (Lipinski definition) is 0. The minimum Gasteiger partial charge on any atom is -0.460 e. The Morgan fingerprint density at radius 3 is 2.46 bits per heavy atom. The van der Waals surface area contributed by atoms with Crippen LogP contribution in [0.2, 0.25) is 0 Å². The second-order valence-electron chi connectivity index (χ2n) is 6.97. The summed E-state index contributed by atoms with van der Waals surface area (Å²) >= 11 is 0. The summed E-state index contributed by atoms with van der Waals surface area (Å²) in [5.41, 5.74) is 6.03. The molecule has 1 aliphatic carbocycles. The third kappa shape index (κ3) is 1.76. The van der Waals surface area contributed by atoms with Crippen LogP contribution in [0.4, 0.5) is 11.4 Å². The Hall–Kier alpha value is -3.26. The van der Waals surface area contributed by atoms with E-state index < -0.39 is 0 Å². The normalized spacial score (nSPS) is 20.1. The van der Waals surface area contributed by atoms with E-state index in [2.05, 4.69) is 89.8 Å². The maximum Gasteiger partial charge on any atom is 0.134 e. The van der Waals surface area contributed by atoms with Gasteiger partial charge in [0.15, 0.2) is 0 Å². The second kappa shape index (κ2) is 5.12. The van der Waals surface area contributed by atoms with Crippen LogP contribution in [0, 0.1) is 0 Å². The average Bonchev–Trinajstić information content (AvgIpc) is 3.24. The van der Waals surface area contributed by atoms with Gasteiger partial charge in [0.25, 0.3) is 0 Å². The Kier molecular flexibility index (Phi) is 2.75. The molecule has 1 aliphatic heterocycles. The van der Waals surface area contributed by atoms with Crippen molar-refractivity contribution in [2.75, 3.05) is 4.90 Å². The summed E-state index contributed by atoms with van der Waals surface area (Å²) in [4.78, 5) is 2.44. The molecule has 0 spiro atoms. The standard InChI is InChI=1S/C24H17NO/c1-2-8-16(9-3-1)25-20-12-6-4-11-19(20)23-21(25)15-14-18-17-10-5-7-13-22(17)26-24(18)23/h1-15,21,23H. The summed E-state index contributed by atoms with van der Waals surface area (Å²) in [5, 5.41) is 1.20. The van der Waals surface area contributed by atoms with E-state index in [1.165, 1.54) is 27.9 Å². The van der Waals surface area contributed by atoms with Crippen LogP contribution in [-0.4, -0.2) is 6.04 Å². The molecule has 0 fully saturated rings. The van der Waals surface area contributed by atoms with Gasteiger partial charge in [-0.25, -0.2) is 0 Å². The summed E-state index contributed by atoms with van der Waals surface area (Å²) in [6.45, 7) is 0. The Morgan fingerprint density at radius 2 is 1.54 bits per heavy atom. The molecule has 4 aromatic rings. The largest absolute Gasteiger partial charge is 0.460 e. The van der Waals surface area contributed by atoms with Gasteiger partial charge in [-0.05, 0) is 29.8 Å². The van der Waals surface area contributed by atoms with Gasteiger partial charge in [-0.15, -0.1) is 0 Å². The molecule has 0 saturated carbocycles. The predicted molar refractivity (Wildman–Crippen MR) is 106 cm³/mol. The molecule has 2 heteroatoms. The third-order valence-electron chi connectivity index (χ3n) is 5.61. The molecular formula is C24H17NO. The van der Waals surface area contributed by atoms with Gasteiger partial charge >= 0.3 is 0 Å². The predicted octanol–water partition coefficient (Wildman–Crippen LogP) is 6.11. The zero-order chi connectivity index (χ0) is 17.1. The van der Waals surface area contributed by atoms with Crippen molar-refractivity contribution < 1.29 is 4.42 Å². The maximum absolute atomic E-state index is 6.37. The zero-order valence-corrected chi connectivity index (χ0v) is 14.2. The quantitative estimate of drug-likeness (QED) is 0.417. The van der Waals surface area contributed by atoms with Crippen LogP contribution in [0.1, 0.15) is 22.8 Å². The van der Waals surface area contributed by atoms with Crippen LogP contribution in [0.15, 0.2) is 89.4 Å². The van der Waals surface area contributed by atoms with E-state index in [1.54, 1.807) is 0 Å². The van der Waals surface area contributed by atoms with Crippen LogP contribution in [-0.2, 0) is 0 Å². The highest BCUT2D eigenvalue weighted by Crippen LogP contribution is 2.52. The number of rotatable bonds is 1. The number of nitrogens with zero attached hydrogens (tertiary/aromatic N) is 1. The van der Waals surface area contributed by atoms with Crippen LogP contribution >= 0.6 is 0 Å². The Balaban J connectivity index is 1.62. The minimum absolute atomic E-state index is 0.221. The number of fused-ring (bicyclic) bond motifs is 7. The van der Waals surface area contributed by atoms with Crippen molar-refractivity contribution in [3.05, 3.63) is 102 Å². The Bertz CT molecular complexity index is 1160. The fraction of sp³-hybridized carbons (Fsp3) is 0.0833. The third-order valence-corrected chi connectivity index (χ3v) is 5.61.